The summed E-state index contributed by atoms with van der Waals surface area (Å²) in [5, 5.41) is 3.55. The van der Waals surface area contributed by atoms with E-state index in [1.165, 1.54) is 6.26 Å². The van der Waals surface area contributed by atoms with Crippen LogP contribution in [0.3, 0.4) is 0 Å². The number of benzene rings is 3. The van der Waals surface area contributed by atoms with Gasteiger partial charge in [-0.25, -0.2) is 4.98 Å². The lowest BCUT2D eigenvalue weighted by Crippen LogP contribution is -2.19. The highest BCUT2D eigenvalue weighted by Gasteiger charge is 2.19. The number of nitrogens with one attached hydrogen (secondary N) is 1. The number of anilines is 1. The molecule has 5 nitrogen and oxygen atoms in total. The van der Waals surface area contributed by atoms with Crippen molar-refractivity contribution in [1.29, 1.82) is 0 Å². The van der Waals surface area contributed by atoms with E-state index < -0.39 is 0 Å². The number of hydrogen-bond acceptors (Lipinski definition) is 4. The lowest BCUT2D eigenvalue weighted by molar-refractivity contribution is -0.113. The molecule has 4 aromatic rings. The van der Waals surface area contributed by atoms with Gasteiger partial charge in [0.1, 0.15) is 17.8 Å². The zero-order valence-corrected chi connectivity index (χ0v) is 19.2. The predicted molar refractivity (Wildman–Crippen MR) is 134 cm³/mol. The van der Waals surface area contributed by atoms with E-state index in [0.717, 1.165) is 33.8 Å². The monoisotopic (exact) mass is 468 g/mol. The van der Waals surface area contributed by atoms with Crippen LogP contribution in [0.5, 0.6) is 11.5 Å². The molecule has 0 spiro atoms. The van der Waals surface area contributed by atoms with Gasteiger partial charge in [0.2, 0.25) is 0 Å². The molecule has 0 bridgehead atoms. The number of amides is 1. The first kappa shape index (κ1) is 21.7. The number of aromatic nitrogens is 1. The summed E-state index contributed by atoms with van der Waals surface area (Å²) in [6.07, 6.45) is 1.95. The van der Waals surface area contributed by atoms with Gasteiger partial charge < -0.3 is 14.8 Å². The Balaban J connectivity index is 1.30. The minimum absolute atomic E-state index is 0.212. The number of pyridine rings is 1. The van der Waals surface area contributed by atoms with Crippen LogP contribution in [0.1, 0.15) is 5.56 Å². The molecule has 1 aromatic heterocycles. The highest BCUT2D eigenvalue weighted by Crippen LogP contribution is 2.30. The number of ether oxygens (including phenoxy) is 2. The zero-order valence-electron chi connectivity index (χ0n) is 18.4. The standard InChI is InChI=1S/C28H21ClN2O3/c1-33-24-5-2-4-19(16-24)26-7-3-6-25(31-26)18-8-11-23(12-9-18)30-28(32)21-14-20-15-22(29)10-13-27(20)34-17-21/h2-13,15-17H,14H2,1H3,(H,30,32). The Hall–Kier alpha value is -4.09. The van der Waals surface area contributed by atoms with E-state index in [1.807, 2.05) is 72.8 Å². The fraction of sp³-hybridized carbons (Fsp3) is 0.0714. The van der Waals surface area contributed by atoms with Crippen LogP contribution in [0.4, 0.5) is 5.69 Å². The third-order valence-electron chi connectivity index (χ3n) is 5.58. The molecule has 1 N–H and O–H groups in total. The van der Waals surface area contributed by atoms with Crippen LogP contribution in [0, 0.1) is 0 Å². The number of carbonyl (C=O) groups is 1. The first-order chi connectivity index (χ1) is 16.6. The molecule has 1 aliphatic heterocycles. The maximum atomic E-state index is 12.8. The van der Waals surface area contributed by atoms with E-state index in [4.69, 9.17) is 26.1 Å². The molecule has 0 atom stereocenters. The molecule has 0 unspecified atom stereocenters. The van der Waals surface area contributed by atoms with Crippen LogP contribution in [0.25, 0.3) is 22.5 Å². The molecule has 0 fully saturated rings. The van der Waals surface area contributed by atoms with Crippen LogP contribution in [-0.2, 0) is 11.2 Å². The van der Waals surface area contributed by atoms with Crippen molar-refractivity contribution in [1.82, 2.24) is 4.98 Å². The molecule has 1 aliphatic rings. The second-order valence-electron chi connectivity index (χ2n) is 7.86. The molecule has 168 valence electrons. The molecule has 1 amide bonds. The van der Waals surface area contributed by atoms with Gasteiger partial charge in [0.05, 0.1) is 24.1 Å². The fourth-order valence-electron chi connectivity index (χ4n) is 3.79. The maximum absolute atomic E-state index is 12.8. The summed E-state index contributed by atoms with van der Waals surface area (Å²) >= 11 is 6.07. The minimum Gasteiger partial charge on any atom is -0.497 e. The molecule has 34 heavy (non-hydrogen) atoms. The highest BCUT2D eigenvalue weighted by atomic mass is 35.5. The number of hydrogen-bond donors (Lipinski definition) is 1. The third kappa shape index (κ3) is 4.65. The van der Waals surface area contributed by atoms with Gasteiger partial charge in [0, 0.05) is 33.8 Å². The Morgan fingerprint density at radius 1 is 0.941 bits per heavy atom. The van der Waals surface area contributed by atoms with Crippen molar-refractivity contribution in [3.05, 3.63) is 107 Å². The first-order valence-electron chi connectivity index (χ1n) is 10.8. The van der Waals surface area contributed by atoms with Crippen LogP contribution in [-0.4, -0.2) is 18.0 Å². The smallest absolute Gasteiger partial charge is 0.255 e. The maximum Gasteiger partial charge on any atom is 0.255 e. The summed E-state index contributed by atoms with van der Waals surface area (Å²) in [6.45, 7) is 0. The van der Waals surface area contributed by atoms with Crippen molar-refractivity contribution in [3.63, 3.8) is 0 Å². The van der Waals surface area contributed by atoms with Gasteiger partial charge in [0.15, 0.2) is 0 Å². The van der Waals surface area contributed by atoms with Crippen LogP contribution in [0.15, 0.2) is 96.8 Å². The lowest BCUT2D eigenvalue weighted by Gasteiger charge is -2.17. The van der Waals surface area contributed by atoms with Gasteiger partial charge in [-0.1, -0.05) is 41.9 Å². The molecule has 0 radical (unpaired) electrons. The summed E-state index contributed by atoms with van der Waals surface area (Å²) in [7, 11) is 1.65. The third-order valence-corrected chi connectivity index (χ3v) is 5.81. The van der Waals surface area contributed by atoms with Crippen molar-refractivity contribution in [3.8, 4) is 34.0 Å². The summed E-state index contributed by atoms with van der Waals surface area (Å²) in [4.78, 5) is 17.6. The van der Waals surface area contributed by atoms with E-state index >= 15 is 0 Å². The molecule has 5 rings (SSSR count). The van der Waals surface area contributed by atoms with Gasteiger partial charge in [-0.2, -0.15) is 0 Å². The topological polar surface area (TPSA) is 60.5 Å². The van der Waals surface area contributed by atoms with Gasteiger partial charge >= 0.3 is 0 Å². The van der Waals surface area contributed by atoms with Crippen molar-refractivity contribution < 1.29 is 14.3 Å². The van der Waals surface area contributed by atoms with Crippen molar-refractivity contribution in [2.45, 2.75) is 6.42 Å². The second kappa shape index (κ2) is 9.41. The second-order valence-corrected chi connectivity index (χ2v) is 8.30. The average Bonchev–Trinajstić information content (AvgIpc) is 2.88. The SMILES string of the molecule is COc1cccc(-c2cccc(-c3ccc(NC(=O)C4=COc5ccc(Cl)cc5C4)cc3)n2)c1. The van der Waals surface area contributed by atoms with Crippen molar-refractivity contribution in [2.24, 2.45) is 0 Å². The molecule has 0 aliphatic carbocycles. The number of carbonyl (C=O) groups excluding carboxylic acids is 1. The van der Waals surface area contributed by atoms with Crippen LogP contribution in [0.2, 0.25) is 5.02 Å². The Kier molecular flexibility index (Phi) is 6.02. The van der Waals surface area contributed by atoms with Gasteiger partial charge in [0.25, 0.3) is 5.91 Å². The predicted octanol–water partition coefficient (Wildman–Crippen LogP) is 6.54. The molecule has 2 heterocycles. The van der Waals surface area contributed by atoms with E-state index in [9.17, 15) is 4.79 Å². The average molecular weight is 469 g/mol. The lowest BCUT2D eigenvalue weighted by atomic mass is 10.0. The van der Waals surface area contributed by atoms with Crippen LogP contribution >= 0.6 is 11.6 Å². The zero-order chi connectivity index (χ0) is 23.5. The number of nitrogens with zero attached hydrogens (tertiary/aromatic N) is 1. The Bertz CT molecular complexity index is 1400. The summed E-state index contributed by atoms with van der Waals surface area (Å²) < 4.78 is 10.9. The molecular formula is C28H21ClN2O3. The van der Waals surface area contributed by atoms with Crippen molar-refractivity contribution in [2.75, 3.05) is 12.4 Å². The Labute approximate surface area is 202 Å². The molecule has 0 saturated heterocycles. The van der Waals surface area contributed by atoms with E-state index in [0.29, 0.717) is 28.5 Å². The minimum atomic E-state index is -0.212. The summed E-state index contributed by atoms with van der Waals surface area (Å²) in [5.41, 5.74) is 5.75. The number of fused-ring (bicyclic) bond motifs is 1. The molecular weight excluding hydrogens is 448 g/mol. The first-order valence-corrected chi connectivity index (χ1v) is 11.1. The van der Waals surface area contributed by atoms with E-state index in [2.05, 4.69) is 5.32 Å². The highest BCUT2D eigenvalue weighted by molar-refractivity contribution is 6.30. The van der Waals surface area contributed by atoms with Crippen LogP contribution < -0.4 is 14.8 Å². The summed E-state index contributed by atoms with van der Waals surface area (Å²) in [6, 6.07) is 26.7. The van der Waals surface area contributed by atoms with Crippen molar-refractivity contribution >= 4 is 23.2 Å². The molecule has 0 saturated carbocycles. The van der Waals surface area contributed by atoms with Gasteiger partial charge in [-0.3, -0.25) is 4.79 Å². The number of rotatable bonds is 5. The Morgan fingerprint density at radius 2 is 1.71 bits per heavy atom. The van der Waals surface area contributed by atoms with E-state index in [1.54, 1.807) is 19.2 Å². The largest absolute Gasteiger partial charge is 0.497 e. The molecule has 3 aromatic carbocycles. The fourth-order valence-corrected chi connectivity index (χ4v) is 3.99. The quantitative estimate of drug-likeness (QED) is 0.361. The Morgan fingerprint density at radius 3 is 2.50 bits per heavy atom. The normalized spacial score (nSPS) is 12.2. The molecule has 6 heteroatoms. The van der Waals surface area contributed by atoms with Gasteiger partial charge in [-0.05, 0) is 54.6 Å². The number of halogens is 1. The number of methoxy groups -OCH3 is 1. The van der Waals surface area contributed by atoms with E-state index in [-0.39, 0.29) is 5.91 Å². The summed E-state index contributed by atoms with van der Waals surface area (Å²) in [5.74, 6) is 1.29. The van der Waals surface area contributed by atoms with Gasteiger partial charge in [-0.15, -0.1) is 0 Å².